The lowest BCUT2D eigenvalue weighted by Crippen LogP contribution is -2.71. The van der Waals surface area contributed by atoms with Crippen molar-refractivity contribution < 1.29 is 38.4 Å². The first-order valence-electron chi connectivity index (χ1n) is 18.4. The van der Waals surface area contributed by atoms with Gasteiger partial charge in [0.2, 0.25) is 11.5 Å². The Kier molecular flexibility index (Phi) is 16.8. The Bertz CT molecular complexity index is 1560. The zero-order valence-corrected chi connectivity index (χ0v) is 31.8. The summed E-state index contributed by atoms with van der Waals surface area (Å²) in [6.45, 7) is 4.63. The number of carboxylic acid groups (broad SMARTS) is 1. The second-order valence-corrected chi connectivity index (χ2v) is 14.8. The number of carbonyl (C=O) groups excluding carboxylic acids is 4. The Labute approximate surface area is 313 Å². The molecule has 284 valence electrons. The van der Waals surface area contributed by atoms with Gasteiger partial charge in [0.1, 0.15) is 18.0 Å². The largest absolute Gasteiger partial charge is 0.543 e. The highest BCUT2D eigenvalue weighted by molar-refractivity contribution is 8.00. The van der Waals surface area contributed by atoms with Crippen molar-refractivity contribution in [3.05, 3.63) is 47.2 Å². The third-order valence-corrected chi connectivity index (χ3v) is 10.8. The zero-order chi connectivity index (χ0) is 37.3. The number of hydrogen-bond acceptors (Lipinski definition) is 13. The molecule has 3 N–H and O–H groups in total. The molecule has 16 heteroatoms. The molecular weight excluding hydrogens is 707 g/mol. The lowest BCUT2D eigenvalue weighted by Gasteiger charge is -2.50. The predicted octanol–water partition coefficient (Wildman–Crippen LogP) is 3.89. The number of pyridine rings is 1. The molecule has 0 aromatic carbocycles. The third kappa shape index (κ3) is 11.7. The molecule has 0 saturated carbocycles. The molecule has 14 nitrogen and oxygen atoms in total. The summed E-state index contributed by atoms with van der Waals surface area (Å²) in [7, 11) is 0. The maximum atomic E-state index is 13.2. The molecule has 2 atom stereocenters. The number of β-lactam (4-membered cyclic amide) rings is 1. The van der Waals surface area contributed by atoms with E-state index in [1.54, 1.807) is 36.0 Å². The number of ether oxygens (including phenoxy) is 1. The van der Waals surface area contributed by atoms with E-state index in [0.29, 0.717) is 17.7 Å². The van der Waals surface area contributed by atoms with E-state index in [-0.39, 0.29) is 41.3 Å². The molecule has 52 heavy (non-hydrogen) atoms. The predicted molar refractivity (Wildman–Crippen MR) is 197 cm³/mol. The Morgan fingerprint density at radius 1 is 1.00 bits per heavy atom. The first-order valence-corrected chi connectivity index (χ1v) is 20.2. The topological polar surface area (TPSA) is 193 Å². The molecule has 2 aromatic heterocycles. The van der Waals surface area contributed by atoms with Crippen molar-refractivity contribution in [2.45, 2.75) is 122 Å². The molecule has 0 aliphatic carbocycles. The lowest BCUT2D eigenvalue weighted by molar-refractivity contribution is -0.689. The second kappa shape index (κ2) is 21.5. The van der Waals surface area contributed by atoms with E-state index < -0.39 is 35.2 Å². The van der Waals surface area contributed by atoms with Crippen LogP contribution in [0.25, 0.3) is 0 Å². The first-order chi connectivity index (χ1) is 25.2. The number of anilines is 1. The van der Waals surface area contributed by atoms with Gasteiger partial charge in [-0.05, 0) is 13.3 Å². The number of nitrogens with two attached hydrogens (primary N) is 1. The Morgan fingerprint density at radius 3 is 2.17 bits per heavy atom. The van der Waals surface area contributed by atoms with Gasteiger partial charge in [-0.15, -0.1) is 11.8 Å². The number of thioether (sulfide) groups is 1. The second-order valence-electron chi connectivity index (χ2n) is 12.9. The van der Waals surface area contributed by atoms with Gasteiger partial charge in [0.25, 0.3) is 11.8 Å². The number of aliphatic carboxylic acids is 1. The Morgan fingerprint density at radius 2 is 1.62 bits per heavy atom. The molecule has 4 heterocycles. The molecule has 0 spiro atoms. The minimum atomic E-state index is -1.50. The number of nitrogen functional groups attached to an aromatic ring is 1. The number of rotatable bonds is 24. The van der Waals surface area contributed by atoms with Crippen LogP contribution in [0.3, 0.4) is 0 Å². The van der Waals surface area contributed by atoms with Crippen LogP contribution in [0.15, 0.2) is 41.0 Å². The number of aromatic nitrogens is 3. The van der Waals surface area contributed by atoms with Gasteiger partial charge in [0.05, 0.1) is 23.8 Å². The van der Waals surface area contributed by atoms with Crippen LogP contribution in [0, 0.1) is 0 Å². The summed E-state index contributed by atoms with van der Waals surface area (Å²) >= 11 is 2.18. The van der Waals surface area contributed by atoms with Gasteiger partial charge >= 0.3 is 5.97 Å². The number of oxime groups is 1. The molecular formula is C36H51N7O7S2. The number of esters is 1. The summed E-state index contributed by atoms with van der Waals surface area (Å²) in [4.78, 5) is 61.2. The van der Waals surface area contributed by atoms with Gasteiger partial charge in [0.15, 0.2) is 24.1 Å². The number of nitrogens with one attached hydrogen (secondary N) is 1. The van der Waals surface area contributed by atoms with Crippen LogP contribution in [0.5, 0.6) is 0 Å². The zero-order valence-electron chi connectivity index (χ0n) is 30.2. The summed E-state index contributed by atoms with van der Waals surface area (Å²) in [5, 5.41) is 18.1. The summed E-state index contributed by atoms with van der Waals surface area (Å²) in [5.41, 5.74) is 6.01. The van der Waals surface area contributed by atoms with E-state index in [1.165, 1.54) is 82.4 Å². The van der Waals surface area contributed by atoms with Crippen LogP contribution in [-0.2, 0) is 30.5 Å². The maximum Gasteiger partial charge on any atom is 0.338 e. The summed E-state index contributed by atoms with van der Waals surface area (Å²) in [6.07, 6.45) is 21.0. The van der Waals surface area contributed by atoms with Gasteiger partial charge in [-0.3, -0.25) is 14.5 Å². The normalized spacial score (nSPS) is 17.1. The standard InChI is InChI=1S/C36H51N7O7S2/c1-3-5-6-7-8-9-10-11-12-13-14-15-16-17-22-49-35(48)25-18-20-42(21-19-25)23-26-24-51-33-28(32(45)43(33)29(26)34(46)47)38-31(44)27(40-50-4-2)30-39-36(37)52-41-30/h18-21,28,33H,3-17,22-24H2,1-2H3,(H3-,37,38,39,41,44,46,47)/t28?,33-/m1/s1. The molecule has 1 unspecified atom stereocenters. The van der Waals surface area contributed by atoms with E-state index in [9.17, 15) is 24.3 Å². The fourth-order valence-corrected chi connectivity index (χ4v) is 7.88. The van der Waals surface area contributed by atoms with E-state index >= 15 is 0 Å². The van der Waals surface area contributed by atoms with E-state index in [1.807, 2.05) is 0 Å². The van der Waals surface area contributed by atoms with Gasteiger partial charge in [0, 0.05) is 35.0 Å². The van der Waals surface area contributed by atoms with Crippen LogP contribution < -0.4 is 20.7 Å². The summed E-state index contributed by atoms with van der Waals surface area (Å²) < 4.78 is 11.2. The number of amides is 2. The van der Waals surface area contributed by atoms with Gasteiger partial charge in [-0.1, -0.05) is 95.6 Å². The molecule has 1 fully saturated rings. The minimum Gasteiger partial charge on any atom is -0.543 e. The molecule has 4 rings (SSSR count). The Hall–Kier alpha value is -4.05. The number of carbonyl (C=O) groups is 4. The van der Waals surface area contributed by atoms with E-state index in [4.69, 9.17) is 15.3 Å². The summed E-state index contributed by atoms with van der Waals surface area (Å²) in [6, 6.07) is 2.23. The number of fused-ring (bicyclic) bond motifs is 1. The molecule has 1 saturated heterocycles. The van der Waals surface area contributed by atoms with Crippen molar-refractivity contribution >= 4 is 57.9 Å². The van der Waals surface area contributed by atoms with Gasteiger partial charge in [-0.2, -0.15) is 9.36 Å². The first kappa shape index (κ1) is 40.7. The monoisotopic (exact) mass is 757 g/mol. The number of carboxylic acids is 1. The van der Waals surface area contributed by atoms with Crippen LogP contribution in [0.2, 0.25) is 0 Å². The highest BCUT2D eigenvalue weighted by Gasteiger charge is 2.53. The number of unbranched alkanes of at least 4 members (excludes halogenated alkanes) is 13. The highest BCUT2D eigenvalue weighted by Crippen LogP contribution is 2.40. The van der Waals surface area contributed by atoms with Crippen LogP contribution in [0.1, 0.15) is 120 Å². The van der Waals surface area contributed by atoms with Crippen LogP contribution in [-0.4, -0.2) is 74.1 Å². The van der Waals surface area contributed by atoms with Crippen LogP contribution >= 0.6 is 23.3 Å². The number of nitrogens with zero attached hydrogens (tertiary/aromatic N) is 5. The smallest absolute Gasteiger partial charge is 0.338 e. The van der Waals surface area contributed by atoms with Crippen molar-refractivity contribution in [3.8, 4) is 0 Å². The quantitative estimate of drug-likeness (QED) is 0.0394. The van der Waals surface area contributed by atoms with Gasteiger partial charge < -0.3 is 30.5 Å². The minimum absolute atomic E-state index is 0.0488. The fraction of sp³-hybridized carbons (Fsp3) is 0.611. The fourth-order valence-electron chi connectivity index (χ4n) is 6.11. The SMILES string of the molecule is CCCCCCCCCCCCCCCCOC(=O)c1cc[n+](CC2=C(C(=O)[O-])N3C(=O)C(NC(=O)C(=NOCC)c4nsc(N)n4)[C@H]3SC2)cc1. The average molecular weight is 758 g/mol. The van der Waals surface area contributed by atoms with Crippen molar-refractivity contribution in [2.75, 3.05) is 24.7 Å². The maximum absolute atomic E-state index is 13.2. The van der Waals surface area contributed by atoms with Crippen molar-refractivity contribution in [1.82, 2.24) is 19.6 Å². The molecule has 2 aliphatic heterocycles. The molecule has 2 amide bonds. The highest BCUT2D eigenvalue weighted by atomic mass is 32.2. The van der Waals surface area contributed by atoms with Crippen molar-refractivity contribution in [2.24, 2.45) is 5.16 Å². The van der Waals surface area contributed by atoms with Gasteiger partial charge in [-0.25, -0.2) is 9.36 Å². The molecule has 2 aliphatic rings. The summed E-state index contributed by atoms with van der Waals surface area (Å²) in [5.74, 6) is -3.05. The Balaban J connectivity index is 1.19. The molecule has 2 aromatic rings. The third-order valence-electron chi connectivity index (χ3n) is 8.91. The van der Waals surface area contributed by atoms with E-state index in [2.05, 4.69) is 26.8 Å². The molecule has 0 radical (unpaired) electrons. The number of hydrogen-bond donors (Lipinski definition) is 2. The van der Waals surface area contributed by atoms with Crippen LogP contribution in [0.4, 0.5) is 5.13 Å². The van der Waals surface area contributed by atoms with Crippen molar-refractivity contribution in [1.29, 1.82) is 0 Å². The average Bonchev–Trinajstić information content (AvgIpc) is 3.57. The van der Waals surface area contributed by atoms with E-state index in [0.717, 1.165) is 35.7 Å². The molecule has 0 bridgehead atoms. The lowest BCUT2D eigenvalue weighted by atomic mass is 10.0. The van der Waals surface area contributed by atoms with Crippen molar-refractivity contribution in [3.63, 3.8) is 0 Å².